The number of benzene rings is 1. The highest BCUT2D eigenvalue weighted by Crippen LogP contribution is 2.19. The Morgan fingerprint density at radius 2 is 1.88 bits per heavy atom. The Kier molecular flexibility index (Phi) is 6.70. The molecule has 1 heterocycles. The first-order valence-corrected chi connectivity index (χ1v) is 8.53. The van der Waals surface area contributed by atoms with Crippen molar-refractivity contribution in [3.05, 3.63) is 35.9 Å². The predicted molar refractivity (Wildman–Crippen MR) is 92.5 cm³/mol. The molecule has 0 bridgehead atoms. The van der Waals surface area contributed by atoms with Crippen LogP contribution in [-0.2, 0) is 20.8 Å². The maximum atomic E-state index is 12.5. The molecule has 142 valence electrons. The predicted octanol–water partition coefficient (Wildman–Crippen LogP) is 0.0969. The summed E-state index contributed by atoms with van der Waals surface area (Å²) in [7, 11) is 0. The fraction of sp³-hybridized carbons (Fsp3) is 0.500. The van der Waals surface area contributed by atoms with Crippen LogP contribution in [0.5, 0.6) is 0 Å². The molecular formula is C18H24N2O6. The Labute approximate surface area is 151 Å². The third kappa shape index (κ3) is 5.03. The second-order valence-electron chi connectivity index (χ2n) is 6.54. The van der Waals surface area contributed by atoms with Gasteiger partial charge in [0.05, 0.1) is 12.1 Å². The van der Waals surface area contributed by atoms with E-state index in [2.05, 4.69) is 5.32 Å². The van der Waals surface area contributed by atoms with E-state index in [1.54, 1.807) is 0 Å². The van der Waals surface area contributed by atoms with Crippen molar-refractivity contribution in [2.45, 2.75) is 50.4 Å². The maximum Gasteiger partial charge on any atom is 0.326 e. The zero-order chi connectivity index (χ0) is 19.3. The molecule has 1 aromatic carbocycles. The molecule has 0 radical (unpaired) electrons. The van der Waals surface area contributed by atoms with Crippen molar-refractivity contribution in [2.75, 3.05) is 6.54 Å². The molecule has 4 N–H and O–H groups in total. The van der Waals surface area contributed by atoms with Crippen LogP contribution in [0.2, 0.25) is 0 Å². The molecule has 1 aliphatic rings. The van der Waals surface area contributed by atoms with E-state index in [9.17, 15) is 29.7 Å². The highest BCUT2D eigenvalue weighted by atomic mass is 16.4. The molecule has 8 heteroatoms. The van der Waals surface area contributed by atoms with E-state index in [-0.39, 0.29) is 13.0 Å². The highest BCUT2D eigenvalue weighted by Gasteiger charge is 2.40. The molecule has 1 saturated heterocycles. The third-order valence-electron chi connectivity index (χ3n) is 4.53. The number of nitrogens with zero attached hydrogens (tertiary/aromatic N) is 1. The average molecular weight is 364 g/mol. The fourth-order valence-electron chi connectivity index (χ4n) is 3.15. The summed E-state index contributed by atoms with van der Waals surface area (Å²) < 4.78 is 0. The van der Waals surface area contributed by atoms with Crippen molar-refractivity contribution in [3.8, 4) is 0 Å². The summed E-state index contributed by atoms with van der Waals surface area (Å²) in [4.78, 5) is 36.4. The fourth-order valence-corrected chi connectivity index (χ4v) is 3.15. The molecule has 1 aliphatic heterocycles. The van der Waals surface area contributed by atoms with Gasteiger partial charge in [0.15, 0.2) is 0 Å². The molecule has 8 nitrogen and oxygen atoms in total. The number of β-amino-alcohol motifs (C(OH)–C–C–N with tert-alkyl or cyclic N) is 1. The summed E-state index contributed by atoms with van der Waals surface area (Å²) in [5.74, 6) is -2.78. The van der Waals surface area contributed by atoms with Crippen LogP contribution in [0.1, 0.15) is 25.3 Å². The number of carboxylic acid groups (broad SMARTS) is 2. The number of amides is 1. The molecule has 1 amide bonds. The van der Waals surface area contributed by atoms with Gasteiger partial charge in [0, 0.05) is 13.0 Å². The number of rotatable bonds is 8. The van der Waals surface area contributed by atoms with E-state index >= 15 is 0 Å². The summed E-state index contributed by atoms with van der Waals surface area (Å²) in [6.07, 6.45) is -0.0848. The number of aryl methyl sites for hydroxylation is 1. The summed E-state index contributed by atoms with van der Waals surface area (Å²) in [5, 5.41) is 31.0. The molecule has 0 aromatic heterocycles. The largest absolute Gasteiger partial charge is 0.480 e. The SMILES string of the molecule is C[C@H](NC(CCc1ccccc1)C(=O)O)C(=O)N1CC(O)C[C@H]1C(=O)O. The van der Waals surface area contributed by atoms with Crippen LogP contribution < -0.4 is 5.32 Å². The normalized spacial score (nSPS) is 22.0. The molecule has 1 fully saturated rings. The summed E-state index contributed by atoms with van der Waals surface area (Å²) >= 11 is 0. The molecule has 2 rings (SSSR count). The summed E-state index contributed by atoms with van der Waals surface area (Å²) in [6.45, 7) is 1.44. The zero-order valence-electron chi connectivity index (χ0n) is 14.5. The van der Waals surface area contributed by atoms with E-state index in [1.165, 1.54) is 6.92 Å². The minimum absolute atomic E-state index is 0.0237. The number of carbonyl (C=O) groups is 3. The van der Waals surface area contributed by atoms with Crippen LogP contribution in [-0.4, -0.2) is 68.8 Å². The van der Waals surface area contributed by atoms with Crippen LogP contribution in [0.3, 0.4) is 0 Å². The lowest BCUT2D eigenvalue weighted by molar-refractivity contribution is -0.149. The molecule has 0 aliphatic carbocycles. The Morgan fingerprint density at radius 1 is 1.23 bits per heavy atom. The Bertz CT molecular complexity index is 650. The van der Waals surface area contributed by atoms with Crippen molar-refractivity contribution >= 4 is 17.8 Å². The average Bonchev–Trinajstić information content (AvgIpc) is 3.00. The van der Waals surface area contributed by atoms with Crippen LogP contribution in [0.25, 0.3) is 0 Å². The number of aliphatic hydroxyl groups is 1. The van der Waals surface area contributed by atoms with Crippen LogP contribution in [0.15, 0.2) is 30.3 Å². The van der Waals surface area contributed by atoms with Gasteiger partial charge < -0.3 is 20.2 Å². The van der Waals surface area contributed by atoms with Gasteiger partial charge in [0.1, 0.15) is 12.1 Å². The quantitative estimate of drug-likeness (QED) is 0.515. The topological polar surface area (TPSA) is 127 Å². The molecule has 0 spiro atoms. The number of hydrogen-bond acceptors (Lipinski definition) is 5. The summed E-state index contributed by atoms with van der Waals surface area (Å²) in [6, 6.07) is 6.51. The molecule has 2 unspecified atom stereocenters. The van der Waals surface area contributed by atoms with Gasteiger partial charge in [-0.1, -0.05) is 30.3 Å². The van der Waals surface area contributed by atoms with E-state index in [4.69, 9.17) is 0 Å². The van der Waals surface area contributed by atoms with E-state index < -0.39 is 42.1 Å². The van der Waals surface area contributed by atoms with Gasteiger partial charge in [0.2, 0.25) is 5.91 Å². The number of aliphatic hydroxyl groups excluding tert-OH is 1. The van der Waals surface area contributed by atoms with Crippen molar-refractivity contribution in [2.24, 2.45) is 0 Å². The van der Waals surface area contributed by atoms with Crippen LogP contribution >= 0.6 is 0 Å². The number of nitrogens with one attached hydrogen (secondary N) is 1. The molecular weight excluding hydrogens is 340 g/mol. The first-order valence-electron chi connectivity index (χ1n) is 8.53. The van der Waals surface area contributed by atoms with Crippen molar-refractivity contribution in [1.29, 1.82) is 0 Å². The van der Waals surface area contributed by atoms with Gasteiger partial charge in [-0.3, -0.25) is 14.9 Å². The standard InChI is InChI=1S/C18H24N2O6/c1-11(16(22)20-10-13(21)9-15(20)18(25)26)19-14(17(23)24)8-7-12-5-3-2-4-6-12/h2-6,11,13-15,19,21H,7-10H2,1H3,(H,23,24)(H,25,26)/t11-,13?,14?,15-/m0/s1. The van der Waals surface area contributed by atoms with Gasteiger partial charge in [-0.15, -0.1) is 0 Å². The lowest BCUT2D eigenvalue weighted by Gasteiger charge is -2.27. The Morgan fingerprint density at radius 3 is 2.46 bits per heavy atom. The summed E-state index contributed by atoms with van der Waals surface area (Å²) in [5.41, 5.74) is 0.994. The van der Waals surface area contributed by atoms with Gasteiger partial charge in [0.25, 0.3) is 0 Å². The van der Waals surface area contributed by atoms with Crippen LogP contribution in [0.4, 0.5) is 0 Å². The molecule has 1 aromatic rings. The monoisotopic (exact) mass is 364 g/mol. The minimum Gasteiger partial charge on any atom is -0.480 e. The molecule has 4 atom stereocenters. The van der Waals surface area contributed by atoms with Crippen molar-refractivity contribution in [3.63, 3.8) is 0 Å². The van der Waals surface area contributed by atoms with Gasteiger partial charge in [-0.25, -0.2) is 4.79 Å². The Balaban J connectivity index is 1.97. The van der Waals surface area contributed by atoms with Crippen LogP contribution in [0, 0.1) is 0 Å². The number of carbonyl (C=O) groups excluding carboxylic acids is 1. The first kappa shape index (κ1) is 19.9. The maximum absolute atomic E-state index is 12.5. The second-order valence-corrected chi connectivity index (χ2v) is 6.54. The highest BCUT2D eigenvalue weighted by molar-refractivity contribution is 5.88. The third-order valence-corrected chi connectivity index (χ3v) is 4.53. The smallest absolute Gasteiger partial charge is 0.326 e. The second kappa shape index (κ2) is 8.77. The van der Waals surface area contributed by atoms with Crippen molar-refractivity contribution in [1.82, 2.24) is 10.2 Å². The number of aliphatic carboxylic acids is 2. The van der Waals surface area contributed by atoms with E-state index in [1.807, 2.05) is 30.3 Å². The number of carboxylic acids is 2. The van der Waals surface area contributed by atoms with Gasteiger partial charge in [-0.2, -0.15) is 0 Å². The zero-order valence-corrected chi connectivity index (χ0v) is 14.5. The lowest BCUT2D eigenvalue weighted by atomic mass is 10.0. The minimum atomic E-state index is -1.18. The van der Waals surface area contributed by atoms with Gasteiger partial charge >= 0.3 is 11.9 Å². The van der Waals surface area contributed by atoms with E-state index in [0.29, 0.717) is 12.8 Å². The molecule has 26 heavy (non-hydrogen) atoms. The van der Waals surface area contributed by atoms with E-state index in [0.717, 1.165) is 10.5 Å². The van der Waals surface area contributed by atoms with Gasteiger partial charge in [-0.05, 0) is 25.3 Å². The first-order chi connectivity index (χ1) is 12.3. The Hall–Kier alpha value is -2.45. The number of hydrogen-bond donors (Lipinski definition) is 4. The molecule has 0 saturated carbocycles. The lowest BCUT2D eigenvalue weighted by Crippen LogP contribution is -2.53. The number of likely N-dealkylation sites (tertiary alicyclic amines) is 1. The van der Waals surface area contributed by atoms with Crippen molar-refractivity contribution < 1.29 is 29.7 Å².